The molecule has 3 aromatic rings. The zero-order chi connectivity index (χ0) is 13.9. The summed E-state index contributed by atoms with van der Waals surface area (Å²) >= 11 is 0. The number of nitrogens with zero attached hydrogens (tertiary/aromatic N) is 1. The number of nitrogens with two attached hydrogens (primary N) is 1. The maximum absolute atomic E-state index is 11.0. The Bertz CT molecular complexity index is 766. The minimum Gasteiger partial charge on any atom is -0.366 e. The van der Waals surface area contributed by atoms with Gasteiger partial charge in [0, 0.05) is 11.9 Å². The minimum absolute atomic E-state index is 0.397. The van der Waals surface area contributed by atoms with E-state index < -0.39 is 5.91 Å². The number of aromatic nitrogens is 1. The van der Waals surface area contributed by atoms with Crippen molar-refractivity contribution in [2.75, 3.05) is 5.32 Å². The van der Waals surface area contributed by atoms with Gasteiger partial charge in [-0.15, -0.1) is 0 Å². The number of pyridine rings is 1. The third kappa shape index (κ3) is 2.44. The predicted molar refractivity (Wildman–Crippen MR) is 80.0 cm³/mol. The molecule has 0 aliphatic rings. The quantitative estimate of drug-likeness (QED) is 0.763. The molecule has 98 valence electrons. The summed E-state index contributed by atoms with van der Waals surface area (Å²) in [6.45, 7) is 0. The summed E-state index contributed by atoms with van der Waals surface area (Å²) in [6.07, 6.45) is 1.46. The van der Waals surface area contributed by atoms with Gasteiger partial charge in [0.25, 0.3) is 0 Å². The largest absolute Gasteiger partial charge is 0.366 e. The molecule has 0 fully saturated rings. The van der Waals surface area contributed by atoms with Crippen LogP contribution in [0.2, 0.25) is 0 Å². The lowest BCUT2D eigenvalue weighted by Crippen LogP contribution is -2.11. The van der Waals surface area contributed by atoms with Gasteiger partial charge in [-0.3, -0.25) is 4.79 Å². The second kappa shape index (κ2) is 5.01. The summed E-state index contributed by atoms with van der Waals surface area (Å²) in [5.41, 5.74) is 6.52. The normalized spacial score (nSPS) is 10.4. The van der Waals surface area contributed by atoms with Gasteiger partial charge in [0.15, 0.2) is 0 Å². The maximum atomic E-state index is 11.0. The average molecular weight is 263 g/mol. The molecule has 3 rings (SSSR count). The van der Waals surface area contributed by atoms with Crippen LogP contribution in [0.25, 0.3) is 10.8 Å². The van der Waals surface area contributed by atoms with Crippen LogP contribution >= 0.6 is 0 Å². The first kappa shape index (κ1) is 12.2. The molecule has 0 aliphatic carbocycles. The van der Waals surface area contributed by atoms with Crippen molar-refractivity contribution in [2.24, 2.45) is 5.73 Å². The van der Waals surface area contributed by atoms with Crippen molar-refractivity contribution >= 4 is 28.2 Å². The molecule has 0 atom stereocenters. The van der Waals surface area contributed by atoms with Crippen molar-refractivity contribution in [2.45, 2.75) is 0 Å². The molecule has 2 aromatic carbocycles. The maximum Gasteiger partial charge on any atom is 0.250 e. The van der Waals surface area contributed by atoms with Crippen LogP contribution < -0.4 is 11.1 Å². The monoisotopic (exact) mass is 263 g/mol. The lowest BCUT2D eigenvalue weighted by Gasteiger charge is -2.07. The summed E-state index contributed by atoms with van der Waals surface area (Å²) in [5.74, 6) is 0.194. The number of carbonyl (C=O) groups excluding carboxylic acids is 1. The highest BCUT2D eigenvalue weighted by molar-refractivity contribution is 5.92. The van der Waals surface area contributed by atoms with Crippen molar-refractivity contribution in [3.05, 3.63) is 66.4 Å². The molecule has 0 unspecified atom stereocenters. The number of fused-ring (bicyclic) bond motifs is 1. The molecule has 1 heterocycles. The molecule has 0 saturated carbocycles. The predicted octanol–water partition coefficient (Wildman–Crippen LogP) is 3.08. The van der Waals surface area contributed by atoms with Crippen molar-refractivity contribution < 1.29 is 4.79 Å². The molecular formula is C16H13N3O. The van der Waals surface area contributed by atoms with Crippen molar-refractivity contribution in [3.63, 3.8) is 0 Å². The summed E-state index contributed by atoms with van der Waals surface area (Å²) in [5, 5.41) is 5.55. The number of benzene rings is 2. The fourth-order valence-corrected chi connectivity index (χ4v) is 2.03. The van der Waals surface area contributed by atoms with Gasteiger partial charge in [-0.05, 0) is 35.0 Å². The van der Waals surface area contributed by atoms with Gasteiger partial charge in [0.05, 0.1) is 5.56 Å². The highest BCUT2D eigenvalue weighted by atomic mass is 16.1. The van der Waals surface area contributed by atoms with Crippen molar-refractivity contribution in [3.8, 4) is 0 Å². The van der Waals surface area contributed by atoms with Crippen molar-refractivity contribution in [1.82, 2.24) is 4.98 Å². The number of hydrogen-bond donors (Lipinski definition) is 2. The number of carbonyl (C=O) groups is 1. The molecular weight excluding hydrogens is 250 g/mol. The zero-order valence-electron chi connectivity index (χ0n) is 10.7. The standard InChI is InChI=1S/C16H13N3O/c17-16(20)13-6-8-15(18-10-13)19-14-7-5-11-3-1-2-4-12(11)9-14/h1-10H,(H2,17,20)(H,18,19). The molecule has 4 nitrogen and oxygen atoms in total. The summed E-state index contributed by atoms with van der Waals surface area (Å²) in [4.78, 5) is 15.1. The fraction of sp³-hybridized carbons (Fsp3) is 0. The number of nitrogens with one attached hydrogen (secondary N) is 1. The van der Waals surface area contributed by atoms with Gasteiger partial charge in [-0.1, -0.05) is 30.3 Å². The molecule has 4 heteroatoms. The second-order valence-electron chi connectivity index (χ2n) is 4.48. The van der Waals surface area contributed by atoms with Crippen LogP contribution in [-0.2, 0) is 0 Å². The zero-order valence-corrected chi connectivity index (χ0v) is 10.7. The van der Waals surface area contributed by atoms with E-state index in [2.05, 4.69) is 34.6 Å². The molecule has 1 amide bonds. The summed E-state index contributed by atoms with van der Waals surface area (Å²) in [6, 6.07) is 17.6. The van der Waals surface area contributed by atoms with E-state index in [-0.39, 0.29) is 0 Å². The number of anilines is 2. The molecule has 0 spiro atoms. The Hall–Kier alpha value is -2.88. The van der Waals surface area contributed by atoms with Crippen LogP contribution in [0.4, 0.5) is 11.5 Å². The van der Waals surface area contributed by atoms with E-state index in [1.165, 1.54) is 11.6 Å². The highest BCUT2D eigenvalue weighted by Gasteiger charge is 2.02. The Morgan fingerprint density at radius 3 is 2.50 bits per heavy atom. The first-order valence-corrected chi connectivity index (χ1v) is 6.24. The Balaban J connectivity index is 1.87. The lowest BCUT2D eigenvalue weighted by atomic mass is 10.1. The van der Waals surface area contributed by atoms with E-state index in [0.29, 0.717) is 11.4 Å². The molecule has 20 heavy (non-hydrogen) atoms. The van der Waals surface area contributed by atoms with Crippen LogP contribution in [0, 0.1) is 0 Å². The molecule has 3 N–H and O–H groups in total. The molecule has 0 bridgehead atoms. The van der Waals surface area contributed by atoms with Gasteiger partial charge in [-0.25, -0.2) is 4.98 Å². The average Bonchev–Trinajstić information content (AvgIpc) is 2.48. The van der Waals surface area contributed by atoms with E-state index in [9.17, 15) is 4.79 Å². The molecule has 0 saturated heterocycles. The van der Waals surface area contributed by atoms with Gasteiger partial charge in [0.2, 0.25) is 5.91 Å². The number of hydrogen-bond acceptors (Lipinski definition) is 3. The van der Waals surface area contributed by atoms with Crippen LogP contribution in [0.3, 0.4) is 0 Å². The van der Waals surface area contributed by atoms with Crippen LogP contribution in [0.15, 0.2) is 60.8 Å². The van der Waals surface area contributed by atoms with Crippen LogP contribution in [0.1, 0.15) is 10.4 Å². The van der Waals surface area contributed by atoms with E-state index in [1.807, 2.05) is 18.2 Å². The Morgan fingerprint density at radius 2 is 1.80 bits per heavy atom. The van der Waals surface area contributed by atoms with Gasteiger partial charge in [0.1, 0.15) is 5.82 Å². The number of rotatable bonds is 3. The van der Waals surface area contributed by atoms with Crippen LogP contribution in [0.5, 0.6) is 0 Å². The van der Waals surface area contributed by atoms with Gasteiger partial charge >= 0.3 is 0 Å². The third-order valence-electron chi connectivity index (χ3n) is 3.07. The third-order valence-corrected chi connectivity index (χ3v) is 3.07. The van der Waals surface area contributed by atoms with Gasteiger partial charge in [-0.2, -0.15) is 0 Å². The van der Waals surface area contributed by atoms with E-state index in [4.69, 9.17) is 5.73 Å². The van der Waals surface area contributed by atoms with E-state index in [1.54, 1.807) is 12.1 Å². The topological polar surface area (TPSA) is 68.0 Å². The molecule has 1 aromatic heterocycles. The Kier molecular flexibility index (Phi) is 3.05. The highest BCUT2D eigenvalue weighted by Crippen LogP contribution is 2.21. The first-order valence-electron chi connectivity index (χ1n) is 6.24. The molecule has 0 aliphatic heterocycles. The Labute approximate surface area is 116 Å². The van der Waals surface area contributed by atoms with Crippen LogP contribution in [-0.4, -0.2) is 10.9 Å². The smallest absolute Gasteiger partial charge is 0.250 e. The van der Waals surface area contributed by atoms with E-state index in [0.717, 1.165) is 11.1 Å². The summed E-state index contributed by atoms with van der Waals surface area (Å²) in [7, 11) is 0. The Morgan fingerprint density at radius 1 is 1.00 bits per heavy atom. The van der Waals surface area contributed by atoms with Gasteiger partial charge < -0.3 is 11.1 Å². The molecule has 0 radical (unpaired) electrons. The first-order chi connectivity index (χ1) is 9.72. The minimum atomic E-state index is -0.477. The summed E-state index contributed by atoms with van der Waals surface area (Å²) < 4.78 is 0. The lowest BCUT2D eigenvalue weighted by molar-refractivity contribution is 0.1000. The number of primary amides is 1. The second-order valence-corrected chi connectivity index (χ2v) is 4.48. The van der Waals surface area contributed by atoms with E-state index >= 15 is 0 Å². The SMILES string of the molecule is NC(=O)c1ccc(Nc2ccc3ccccc3c2)nc1. The number of amides is 1. The van der Waals surface area contributed by atoms with Crippen molar-refractivity contribution in [1.29, 1.82) is 0 Å². The fourth-order valence-electron chi connectivity index (χ4n) is 2.03.